The third-order valence-electron chi connectivity index (χ3n) is 4.52. The Labute approximate surface area is 175 Å². The van der Waals surface area contributed by atoms with Gasteiger partial charge in [-0.1, -0.05) is 53.3 Å². The number of carbonyl (C=O) groups is 1. The summed E-state index contributed by atoms with van der Waals surface area (Å²) in [5, 5.41) is 1.98. The quantitative estimate of drug-likeness (QED) is 0.362. The van der Waals surface area contributed by atoms with Crippen LogP contribution in [0, 0.1) is 0 Å². The molecule has 142 valence electrons. The zero-order valence-corrected chi connectivity index (χ0v) is 16.7. The highest BCUT2D eigenvalue weighted by Gasteiger charge is 2.25. The van der Waals surface area contributed by atoms with Crippen molar-refractivity contribution in [3.8, 4) is 0 Å². The van der Waals surface area contributed by atoms with E-state index in [-0.39, 0.29) is 18.2 Å². The highest BCUT2D eigenvalue weighted by atomic mass is 35.5. The summed E-state index contributed by atoms with van der Waals surface area (Å²) in [6.45, 7) is 0.272. The number of anilines is 1. The highest BCUT2D eigenvalue weighted by Crippen LogP contribution is 2.34. The van der Waals surface area contributed by atoms with Crippen LogP contribution < -0.4 is 4.90 Å². The van der Waals surface area contributed by atoms with Crippen molar-refractivity contribution >= 4 is 55.2 Å². The van der Waals surface area contributed by atoms with Gasteiger partial charge in [0.2, 0.25) is 0 Å². The van der Waals surface area contributed by atoms with Crippen LogP contribution >= 0.6 is 22.9 Å². The van der Waals surface area contributed by atoms with Gasteiger partial charge >= 0.3 is 0 Å². The van der Waals surface area contributed by atoms with Gasteiger partial charge in [-0.05, 0) is 36.4 Å². The van der Waals surface area contributed by atoms with Crippen LogP contribution in [0.4, 0.5) is 5.13 Å². The number of benzene rings is 2. The number of carbonyl (C=O) groups excluding carboxylic acids is 1. The molecule has 2 aromatic carbocycles. The molecule has 0 unspecified atom stereocenters. The lowest BCUT2D eigenvalue weighted by atomic mass is 10.2. The molecule has 1 amide bonds. The SMILES string of the molecule is O=C(c1cc2ccccc2o1)N(Cc1ccccn1)c1nc2c(Cl)cccc2s1. The number of rotatable bonds is 4. The first-order chi connectivity index (χ1) is 14.2. The Morgan fingerprint density at radius 2 is 1.93 bits per heavy atom. The number of para-hydroxylation sites is 2. The first kappa shape index (κ1) is 17.8. The van der Waals surface area contributed by atoms with E-state index in [0.29, 0.717) is 21.3 Å². The zero-order chi connectivity index (χ0) is 19.8. The number of thiazole rings is 1. The lowest BCUT2D eigenvalue weighted by Crippen LogP contribution is -2.30. The van der Waals surface area contributed by atoms with Crippen LogP contribution in [-0.2, 0) is 6.54 Å². The predicted molar refractivity (Wildman–Crippen MR) is 116 cm³/mol. The monoisotopic (exact) mass is 419 g/mol. The highest BCUT2D eigenvalue weighted by molar-refractivity contribution is 7.22. The number of pyridine rings is 1. The molecule has 0 aliphatic rings. The molecule has 3 aromatic heterocycles. The number of aromatic nitrogens is 2. The number of halogens is 1. The molecule has 5 rings (SSSR count). The second kappa shape index (κ2) is 7.31. The van der Waals surface area contributed by atoms with E-state index < -0.39 is 0 Å². The van der Waals surface area contributed by atoms with Crippen LogP contribution in [0.2, 0.25) is 5.02 Å². The largest absolute Gasteiger partial charge is 0.451 e. The van der Waals surface area contributed by atoms with Crippen molar-refractivity contribution in [3.05, 3.63) is 89.4 Å². The maximum Gasteiger partial charge on any atom is 0.296 e. The minimum absolute atomic E-state index is 0.257. The Kier molecular flexibility index (Phi) is 4.50. The van der Waals surface area contributed by atoms with Gasteiger partial charge in [0.05, 0.1) is 22.0 Å². The van der Waals surface area contributed by atoms with Crippen LogP contribution in [0.15, 0.2) is 77.3 Å². The third-order valence-corrected chi connectivity index (χ3v) is 5.87. The number of furan rings is 1. The Hall–Kier alpha value is -3.22. The van der Waals surface area contributed by atoms with Gasteiger partial charge in [-0.2, -0.15) is 0 Å². The van der Waals surface area contributed by atoms with Crippen molar-refractivity contribution < 1.29 is 9.21 Å². The summed E-state index contributed by atoms with van der Waals surface area (Å²) in [6.07, 6.45) is 1.70. The molecule has 0 bridgehead atoms. The molecule has 3 heterocycles. The maximum atomic E-state index is 13.4. The molecule has 0 saturated carbocycles. The summed E-state index contributed by atoms with van der Waals surface area (Å²) in [6, 6.07) is 20.5. The Morgan fingerprint density at radius 1 is 1.07 bits per heavy atom. The van der Waals surface area contributed by atoms with Crippen LogP contribution in [0.5, 0.6) is 0 Å². The van der Waals surface area contributed by atoms with Gasteiger partial charge in [0.25, 0.3) is 5.91 Å². The smallest absolute Gasteiger partial charge is 0.296 e. The molecule has 0 aliphatic heterocycles. The van der Waals surface area contributed by atoms with Crippen molar-refractivity contribution in [1.82, 2.24) is 9.97 Å². The minimum Gasteiger partial charge on any atom is -0.451 e. The number of hydrogen-bond donors (Lipinski definition) is 0. The summed E-state index contributed by atoms with van der Waals surface area (Å²) in [5.74, 6) is -0.0190. The fourth-order valence-corrected chi connectivity index (χ4v) is 4.38. The Balaban J connectivity index is 1.60. The van der Waals surface area contributed by atoms with Crippen LogP contribution in [-0.4, -0.2) is 15.9 Å². The molecular weight excluding hydrogens is 406 g/mol. The topological polar surface area (TPSA) is 59.2 Å². The van der Waals surface area contributed by atoms with Gasteiger partial charge < -0.3 is 4.42 Å². The van der Waals surface area contributed by atoms with Gasteiger partial charge in [0, 0.05) is 11.6 Å². The van der Waals surface area contributed by atoms with E-state index in [1.165, 1.54) is 11.3 Å². The number of amides is 1. The summed E-state index contributed by atoms with van der Waals surface area (Å²) in [7, 11) is 0. The molecule has 29 heavy (non-hydrogen) atoms. The van der Waals surface area contributed by atoms with Gasteiger partial charge in [-0.25, -0.2) is 4.98 Å². The number of nitrogens with zero attached hydrogens (tertiary/aromatic N) is 3. The fraction of sp³-hybridized carbons (Fsp3) is 0.0455. The maximum absolute atomic E-state index is 13.4. The van der Waals surface area contributed by atoms with Gasteiger partial charge in [0.15, 0.2) is 10.9 Å². The molecule has 0 fully saturated rings. The van der Waals surface area contributed by atoms with Crippen molar-refractivity contribution in [1.29, 1.82) is 0 Å². The van der Waals surface area contributed by atoms with E-state index in [0.717, 1.165) is 15.8 Å². The molecule has 5 nitrogen and oxygen atoms in total. The summed E-state index contributed by atoms with van der Waals surface area (Å²) >= 11 is 7.70. The van der Waals surface area contributed by atoms with Crippen LogP contribution in [0.3, 0.4) is 0 Å². The fourth-order valence-electron chi connectivity index (χ4n) is 3.12. The average Bonchev–Trinajstić information content (AvgIpc) is 3.37. The van der Waals surface area contributed by atoms with Crippen LogP contribution in [0.25, 0.3) is 21.2 Å². The molecule has 0 spiro atoms. The van der Waals surface area contributed by atoms with Crippen molar-refractivity contribution in [2.24, 2.45) is 0 Å². The van der Waals surface area contributed by atoms with Crippen molar-refractivity contribution in [3.63, 3.8) is 0 Å². The summed E-state index contributed by atoms with van der Waals surface area (Å²) in [5.41, 5.74) is 2.10. The van der Waals surface area contributed by atoms with E-state index in [2.05, 4.69) is 9.97 Å². The second-order valence-electron chi connectivity index (χ2n) is 6.44. The molecule has 0 aliphatic carbocycles. The number of fused-ring (bicyclic) bond motifs is 2. The van der Waals surface area contributed by atoms with Gasteiger partial charge in [-0.3, -0.25) is 14.7 Å². The first-order valence-electron chi connectivity index (χ1n) is 8.94. The number of hydrogen-bond acceptors (Lipinski definition) is 5. The van der Waals surface area contributed by atoms with E-state index in [1.54, 1.807) is 23.2 Å². The van der Waals surface area contributed by atoms with Crippen LogP contribution in [0.1, 0.15) is 16.2 Å². The van der Waals surface area contributed by atoms with Crippen molar-refractivity contribution in [2.75, 3.05) is 4.90 Å². The summed E-state index contributed by atoms with van der Waals surface area (Å²) in [4.78, 5) is 24.0. The average molecular weight is 420 g/mol. The van der Waals surface area contributed by atoms with E-state index >= 15 is 0 Å². The third kappa shape index (κ3) is 3.37. The van der Waals surface area contributed by atoms with Crippen molar-refractivity contribution in [2.45, 2.75) is 6.54 Å². The van der Waals surface area contributed by atoms with Gasteiger partial charge in [-0.15, -0.1) is 0 Å². The zero-order valence-electron chi connectivity index (χ0n) is 15.1. The van der Waals surface area contributed by atoms with Gasteiger partial charge in [0.1, 0.15) is 11.1 Å². The molecule has 0 atom stereocenters. The minimum atomic E-state index is -0.276. The summed E-state index contributed by atoms with van der Waals surface area (Å²) < 4.78 is 6.72. The Bertz CT molecular complexity index is 1300. The molecule has 0 N–H and O–H groups in total. The molecule has 7 heteroatoms. The van der Waals surface area contributed by atoms with E-state index in [9.17, 15) is 4.79 Å². The standard InChI is InChI=1S/C22H14ClN3O2S/c23-16-8-5-10-19-20(16)25-22(29-19)26(13-15-7-3-4-11-24-15)21(27)18-12-14-6-1-2-9-17(14)28-18/h1-12H,13H2. The predicted octanol–water partition coefficient (Wildman–Crippen LogP) is 5.94. The molecule has 0 saturated heterocycles. The van der Waals surface area contributed by atoms with E-state index in [4.69, 9.17) is 16.0 Å². The molecular formula is C22H14ClN3O2S. The lowest BCUT2D eigenvalue weighted by Gasteiger charge is -2.18. The lowest BCUT2D eigenvalue weighted by molar-refractivity contribution is 0.0960. The Morgan fingerprint density at radius 3 is 2.72 bits per heavy atom. The first-order valence-corrected chi connectivity index (χ1v) is 10.1. The molecule has 5 aromatic rings. The van der Waals surface area contributed by atoms with E-state index in [1.807, 2.05) is 54.6 Å². The molecule has 0 radical (unpaired) electrons. The normalized spacial score (nSPS) is 11.2. The second-order valence-corrected chi connectivity index (χ2v) is 7.86.